The summed E-state index contributed by atoms with van der Waals surface area (Å²) < 4.78 is 1.11. The summed E-state index contributed by atoms with van der Waals surface area (Å²) in [5.74, 6) is 0. The molecule has 0 radical (unpaired) electrons. The predicted octanol–water partition coefficient (Wildman–Crippen LogP) is 5.96. The fourth-order valence-electron chi connectivity index (χ4n) is 2.06. The van der Waals surface area contributed by atoms with Crippen LogP contribution >= 0.6 is 15.9 Å². The van der Waals surface area contributed by atoms with E-state index in [4.69, 9.17) is 0 Å². The first kappa shape index (κ1) is 14.9. The van der Waals surface area contributed by atoms with Crippen molar-refractivity contribution in [2.75, 3.05) is 5.32 Å². The molecule has 0 amide bonds. The van der Waals surface area contributed by atoms with E-state index in [0.717, 1.165) is 16.6 Å². The summed E-state index contributed by atoms with van der Waals surface area (Å²) in [7, 11) is 0. The Kier molecular flexibility index (Phi) is 5.42. The smallest absolute Gasteiger partial charge is 0.0548 e. The van der Waals surface area contributed by atoms with Crippen LogP contribution in [-0.4, -0.2) is 0 Å². The summed E-state index contributed by atoms with van der Waals surface area (Å²) in [5, 5.41) is 3.61. The highest BCUT2D eigenvalue weighted by atomic mass is 79.9. The number of nitrogens with one attached hydrogen (secondary N) is 1. The zero-order chi connectivity index (χ0) is 14.4. The van der Waals surface area contributed by atoms with Crippen molar-refractivity contribution in [3.63, 3.8) is 0 Å². The number of allylic oxidation sites excluding steroid dienone is 1. The molecule has 0 fully saturated rings. The SMILES string of the molecule is CC(C)=CCC(Nc1ccccc1)c1ccc(Br)cc1. The standard InChI is InChI=1S/C18H20BrN/c1-14(2)8-13-18(15-9-11-16(19)12-10-15)20-17-6-4-3-5-7-17/h3-12,18,20H,13H2,1-2H3. The van der Waals surface area contributed by atoms with E-state index in [-0.39, 0.29) is 0 Å². The lowest BCUT2D eigenvalue weighted by Gasteiger charge is -2.19. The molecule has 2 aromatic rings. The molecule has 0 aliphatic carbocycles. The fourth-order valence-corrected chi connectivity index (χ4v) is 2.33. The molecule has 104 valence electrons. The number of para-hydroxylation sites is 1. The van der Waals surface area contributed by atoms with Crippen molar-refractivity contribution in [1.29, 1.82) is 0 Å². The Hall–Kier alpha value is -1.54. The molecule has 0 spiro atoms. The molecule has 0 saturated carbocycles. The second kappa shape index (κ2) is 7.30. The molecular weight excluding hydrogens is 310 g/mol. The minimum absolute atomic E-state index is 0.292. The Morgan fingerprint density at radius 1 is 1.05 bits per heavy atom. The predicted molar refractivity (Wildman–Crippen MR) is 91.0 cm³/mol. The lowest BCUT2D eigenvalue weighted by atomic mass is 10.0. The topological polar surface area (TPSA) is 12.0 Å². The molecule has 0 aliphatic rings. The van der Waals surface area contributed by atoms with E-state index >= 15 is 0 Å². The van der Waals surface area contributed by atoms with Gasteiger partial charge in [0.25, 0.3) is 0 Å². The summed E-state index contributed by atoms with van der Waals surface area (Å²) in [6, 6.07) is 19.2. The van der Waals surface area contributed by atoms with Crippen LogP contribution in [0.3, 0.4) is 0 Å². The third kappa shape index (κ3) is 4.53. The van der Waals surface area contributed by atoms with Crippen LogP contribution < -0.4 is 5.32 Å². The van der Waals surface area contributed by atoms with Gasteiger partial charge in [0, 0.05) is 10.2 Å². The van der Waals surface area contributed by atoms with Gasteiger partial charge in [0.15, 0.2) is 0 Å². The second-order valence-corrected chi connectivity index (χ2v) is 6.05. The maximum absolute atomic E-state index is 3.61. The van der Waals surface area contributed by atoms with Gasteiger partial charge in [-0.1, -0.05) is 57.9 Å². The lowest BCUT2D eigenvalue weighted by Crippen LogP contribution is -2.10. The van der Waals surface area contributed by atoms with Crippen LogP contribution in [0, 0.1) is 0 Å². The molecule has 2 aromatic carbocycles. The van der Waals surface area contributed by atoms with Gasteiger partial charge in [0.05, 0.1) is 6.04 Å². The van der Waals surface area contributed by atoms with Gasteiger partial charge in [-0.25, -0.2) is 0 Å². The molecule has 0 aliphatic heterocycles. The van der Waals surface area contributed by atoms with Crippen molar-refractivity contribution in [3.05, 3.63) is 76.3 Å². The van der Waals surface area contributed by atoms with Gasteiger partial charge in [0.1, 0.15) is 0 Å². The van der Waals surface area contributed by atoms with Crippen molar-refractivity contribution in [3.8, 4) is 0 Å². The van der Waals surface area contributed by atoms with Crippen LogP contribution in [0.25, 0.3) is 0 Å². The average Bonchev–Trinajstić information content (AvgIpc) is 2.45. The van der Waals surface area contributed by atoms with Gasteiger partial charge in [-0.05, 0) is 50.1 Å². The molecule has 1 nitrogen and oxygen atoms in total. The first-order chi connectivity index (χ1) is 9.65. The molecule has 0 heterocycles. The minimum Gasteiger partial charge on any atom is -0.378 e. The van der Waals surface area contributed by atoms with Crippen molar-refractivity contribution in [1.82, 2.24) is 0 Å². The summed E-state index contributed by atoms with van der Waals surface area (Å²) in [6.45, 7) is 4.28. The highest BCUT2D eigenvalue weighted by molar-refractivity contribution is 9.10. The molecule has 1 atom stereocenters. The van der Waals surface area contributed by atoms with Crippen LogP contribution in [0.2, 0.25) is 0 Å². The summed E-state index contributed by atoms with van der Waals surface area (Å²) in [4.78, 5) is 0. The van der Waals surface area contributed by atoms with E-state index in [1.54, 1.807) is 0 Å². The van der Waals surface area contributed by atoms with Crippen molar-refractivity contribution in [2.45, 2.75) is 26.3 Å². The number of anilines is 1. The van der Waals surface area contributed by atoms with Gasteiger partial charge >= 0.3 is 0 Å². The average molecular weight is 330 g/mol. The summed E-state index contributed by atoms with van der Waals surface area (Å²) in [6.07, 6.45) is 3.27. The van der Waals surface area contributed by atoms with Crippen molar-refractivity contribution < 1.29 is 0 Å². The third-order valence-corrected chi connectivity index (χ3v) is 3.68. The number of benzene rings is 2. The van der Waals surface area contributed by atoms with E-state index in [1.807, 2.05) is 6.07 Å². The van der Waals surface area contributed by atoms with E-state index < -0.39 is 0 Å². The normalized spacial score (nSPS) is 11.8. The van der Waals surface area contributed by atoms with Crippen LogP contribution in [0.5, 0.6) is 0 Å². The Morgan fingerprint density at radius 2 is 1.70 bits per heavy atom. The Morgan fingerprint density at radius 3 is 2.30 bits per heavy atom. The summed E-state index contributed by atoms with van der Waals surface area (Å²) >= 11 is 3.49. The quantitative estimate of drug-likeness (QED) is 0.667. The maximum atomic E-state index is 3.61. The van der Waals surface area contributed by atoms with Crippen LogP contribution in [0.1, 0.15) is 31.9 Å². The van der Waals surface area contributed by atoms with E-state index in [9.17, 15) is 0 Å². The highest BCUT2D eigenvalue weighted by Gasteiger charge is 2.09. The highest BCUT2D eigenvalue weighted by Crippen LogP contribution is 2.25. The lowest BCUT2D eigenvalue weighted by molar-refractivity contribution is 0.793. The third-order valence-electron chi connectivity index (χ3n) is 3.15. The summed E-state index contributed by atoms with van der Waals surface area (Å²) in [5.41, 5.74) is 3.80. The molecular formula is C18H20BrN. The number of halogens is 1. The largest absolute Gasteiger partial charge is 0.378 e. The fraction of sp³-hybridized carbons (Fsp3) is 0.222. The zero-order valence-corrected chi connectivity index (χ0v) is 13.5. The molecule has 2 heteroatoms. The van der Waals surface area contributed by atoms with Crippen LogP contribution in [0.4, 0.5) is 5.69 Å². The molecule has 2 rings (SSSR count). The van der Waals surface area contributed by atoms with Crippen LogP contribution in [0.15, 0.2) is 70.7 Å². The van der Waals surface area contributed by atoms with Gasteiger partial charge in [-0.15, -0.1) is 0 Å². The van der Waals surface area contributed by atoms with E-state index in [2.05, 4.69) is 89.7 Å². The van der Waals surface area contributed by atoms with Gasteiger partial charge < -0.3 is 5.32 Å². The first-order valence-corrected chi connectivity index (χ1v) is 7.65. The molecule has 1 unspecified atom stereocenters. The number of hydrogen-bond acceptors (Lipinski definition) is 1. The number of rotatable bonds is 5. The van der Waals surface area contributed by atoms with E-state index in [0.29, 0.717) is 6.04 Å². The molecule has 0 aromatic heterocycles. The van der Waals surface area contributed by atoms with Crippen molar-refractivity contribution in [2.24, 2.45) is 0 Å². The zero-order valence-electron chi connectivity index (χ0n) is 11.9. The molecule has 0 bridgehead atoms. The first-order valence-electron chi connectivity index (χ1n) is 6.85. The molecule has 0 saturated heterocycles. The van der Waals surface area contributed by atoms with Crippen LogP contribution in [-0.2, 0) is 0 Å². The Balaban J connectivity index is 2.20. The monoisotopic (exact) mass is 329 g/mol. The van der Waals surface area contributed by atoms with Gasteiger partial charge in [0.2, 0.25) is 0 Å². The number of hydrogen-bond donors (Lipinski definition) is 1. The van der Waals surface area contributed by atoms with E-state index in [1.165, 1.54) is 11.1 Å². The Bertz CT molecular complexity index is 554. The van der Waals surface area contributed by atoms with Crippen molar-refractivity contribution >= 4 is 21.6 Å². The minimum atomic E-state index is 0.292. The maximum Gasteiger partial charge on any atom is 0.0548 e. The second-order valence-electron chi connectivity index (χ2n) is 5.13. The Labute approximate surface area is 129 Å². The molecule has 20 heavy (non-hydrogen) atoms. The van der Waals surface area contributed by atoms with Gasteiger partial charge in [-0.3, -0.25) is 0 Å². The van der Waals surface area contributed by atoms with Gasteiger partial charge in [-0.2, -0.15) is 0 Å². The molecule has 1 N–H and O–H groups in total.